The third-order valence-electron chi connectivity index (χ3n) is 2.00. The number of nitriles is 1. The lowest BCUT2D eigenvalue weighted by molar-refractivity contribution is 0.423. The van der Waals surface area contributed by atoms with Gasteiger partial charge in [-0.25, -0.2) is 4.72 Å². The fourth-order valence-corrected chi connectivity index (χ4v) is 4.91. The highest BCUT2D eigenvalue weighted by atomic mass is 35.5. The van der Waals surface area contributed by atoms with E-state index < -0.39 is 24.2 Å². The fourth-order valence-electron chi connectivity index (χ4n) is 0.986. The Bertz CT molecular complexity index is 479. The Kier molecular flexibility index (Phi) is 9.42. The zero-order valence-corrected chi connectivity index (χ0v) is 16.9. The second-order valence-electron chi connectivity index (χ2n) is 4.24. The van der Waals surface area contributed by atoms with Gasteiger partial charge < -0.3 is 0 Å². The standard InChI is InChI=1S/C9H15Cl4N3O2S3/c1-8(2,6-14)16(20-9(12,13)7(10)11)21(17,18)15-4-5-19-3/h7,15H,4-5H2,1-3H3. The predicted octanol–water partition coefficient (Wildman–Crippen LogP) is 3.37. The first-order valence-corrected chi connectivity index (χ1v) is 10.7. The Morgan fingerprint density at radius 2 is 1.90 bits per heavy atom. The lowest BCUT2D eigenvalue weighted by Crippen LogP contribution is -2.49. The number of hydrogen-bond acceptors (Lipinski definition) is 5. The van der Waals surface area contributed by atoms with Crippen molar-refractivity contribution in [3.63, 3.8) is 0 Å². The fraction of sp³-hybridized carbons (Fsp3) is 0.889. The minimum Gasteiger partial charge on any atom is -0.201 e. The van der Waals surface area contributed by atoms with Crippen LogP contribution in [0.25, 0.3) is 0 Å². The average Bonchev–Trinajstić information content (AvgIpc) is 2.35. The van der Waals surface area contributed by atoms with Crippen LogP contribution in [0.5, 0.6) is 0 Å². The van der Waals surface area contributed by atoms with E-state index in [1.807, 2.05) is 12.3 Å². The molecule has 0 aliphatic rings. The molecule has 124 valence electrons. The highest BCUT2D eigenvalue weighted by Gasteiger charge is 2.45. The van der Waals surface area contributed by atoms with Gasteiger partial charge in [0.25, 0.3) is 10.2 Å². The van der Waals surface area contributed by atoms with Crippen molar-refractivity contribution in [2.45, 2.75) is 27.9 Å². The van der Waals surface area contributed by atoms with Crippen molar-refractivity contribution in [1.29, 1.82) is 5.26 Å². The summed E-state index contributed by atoms with van der Waals surface area (Å²) < 4.78 is 26.0. The van der Waals surface area contributed by atoms with Crippen molar-refractivity contribution in [2.24, 2.45) is 0 Å². The van der Waals surface area contributed by atoms with E-state index in [4.69, 9.17) is 46.4 Å². The van der Waals surface area contributed by atoms with Crippen LogP contribution in [0.2, 0.25) is 0 Å². The smallest absolute Gasteiger partial charge is 0.201 e. The van der Waals surface area contributed by atoms with Gasteiger partial charge in [0, 0.05) is 12.3 Å². The summed E-state index contributed by atoms with van der Waals surface area (Å²) in [5.74, 6) is 0.575. The normalized spacial score (nSPS) is 13.7. The highest BCUT2D eigenvalue weighted by molar-refractivity contribution is 8.10. The van der Waals surface area contributed by atoms with Crippen LogP contribution in [-0.4, -0.2) is 44.7 Å². The van der Waals surface area contributed by atoms with Crippen molar-refractivity contribution in [2.75, 3.05) is 18.6 Å². The van der Waals surface area contributed by atoms with Crippen LogP contribution in [0.15, 0.2) is 0 Å². The van der Waals surface area contributed by atoms with E-state index in [1.165, 1.54) is 25.6 Å². The van der Waals surface area contributed by atoms with Crippen molar-refractivity contribution < 1.29 is 8.42 Å². The number of halogens is 4. The van der Waals surface area contributed by atoms with Crippen LogP contribution in [0.3, 0.4) is 0 Å². The molecule has 0 bridgehead atoms. The molecule has 0 amide bonds. The molecule has 12 heteroatoms. The Hall–Kier alpha value is 1.22. The topological polar surface area (TPSA) is 73.2 Å². The Balaban J connectivity index is 5.41. The maximum absolute atomic E-state index is 12.3. The van der Waals surface area contributed by atoms with Gasteiger partial charge >= 0.3 is 0 Å². The summed E-state index contributed by atoms with van der Waals surface area (Å²) in [6.45, 7) is 3.02. The number of nitrogens with zero attached hydrogens (tertiary/aromatic N) is 2. The molecule has 0 rings (SSSR count). The summed E-state index contributed by atoms with van der Waals surface area (Å²) in [5.41, 5.74) is -1.41. The summed E-state index contributed by atoms with van der Waals surface area (Å²) in [4.78, 5) is -1.26. The maximum atomic E-state index is 12.3. The highest BCUT2D eigenvalue weighted by Crippen LogP contribution is 2.47. The molecular weight excluding hydrogens is 420 g/mol. The van der Waals surface area contributed by atoms with Gasteiger partial charge in [-0.3, -0.25) is 0 Å². The molecule has 0 saturated carbocycles. The molecular formula is C9H15Cl4N3O2S3. The Labute approximate surface area is 154 Å². The minimum absolute atomic E-state index is 0.199. The molecule has 0 spiro atoms. The summed E-state index contributed by atoms with van der Waals surface area (Å²) in [5, 5.41) is 9.18. The SMILES string of the molecule is CSCCNS(=O)(=O)N(SC(Cl)(Cl)C(Cl)Cl)C(C)(C)C#N. The third-order valence-corrected chi connectivity index (χ3v) is 8.20. The van der Waals surface area contributed by atoms with E-state index in [1.54, 1.807) is 0 Å². The number of thioether (sulfide) groups is 1. The van der Waals surface area contributed by atoms with Crippen molar-refractivity contribution in [3.05, 3.63) is 0 Å². The number of alkyl halides is 4. The first-order chi connectivity index (χ1) is 9.40. The van der Waals surface area contributed by atoms with Crippen LogP contribution in [0.4, 0.5) is 0 Å². The molecule has 0 atom stereocenters. The molecule has 0 aromatic carbocycles. The number of nitrogens with one attached hydrogen (secondary N) is 1. The maximum Gasteiger partial charge on any atom is 0.290 e. The molecule has 0 aliphatic carbocycles. The van der Waals surface area contributed by atoms with Gasteiger partial charge in [0.2, 0.25) is 3.67 Å². The van der Waals surface area contributed by atoms with Crippen LogP contribution >= 0.6 is 70.1 Å². The molecule has 0 saturated heterocycles. The molecule has 0 aromatic heterocycles. The van der Waals surface area contributed by atoms with Crippen molar-refractivity contribution in [3.8, 4) is 6.07 Å². The summed E-state index contributed by atoms with van der Waals surface area (Å²) in [7, 11) is -4.01. The number of rotatable bonds is 9. The number of hydrogen-bond donors (Lipinski definition) is 1. The quantitative estimate of drug-likeness (QED) is 0.342. The summed E-state index contributed by atoms with van der Waals surface area (Å²) >= 11 is 25.0. The van der Waals surface area contributed by atoms with Gasteiger partial charge in [-0.05, 0) is 32.1 Å². The molecule has 0 aliphatic heterocycles. The molecule has 0 heterocycles. The summed E-state index contributed by atoms with van der Waals surface area (Å²) in [6.07, 6.45) is 1.84. The lowest BCUT2D eigenvalue weighted by atomic mass is 10.1. The van der Waals surface area contributed by atoms with E-state index in [0.717, 1.165) is 3.71 Å². The van der Waals surface area contributed by atoms with E-state index >= 15 is 0 Å². The second kappa shape index (κ2) is 8.90. The van der Waals surface area contributed by atoms with Crippen molar-refractivity contribution in [1.82, 2.24) is 8.43 Å². The monoisotopic (exact) mass is 433 g/mol. The predicted molar refractivity (Wildman–Crippen MR) is 94.4 cm³/mol. The summed E-state index contributed by atoms with van der Waals surface area (Å²) in [6, 6.07) is 1.88. The van der Waals surface area contributed by atoms with E-state index in [0.29, 0.717) is 17.7 Å². The molecule has 0 radical (unpaired) electrons. The first-order valence-electron chi connectivity index (χ1n) is 5.46. The first kappa shape index (κ1) is 22.2. The largest absolute Gasteiger partial charge is 0.290 e. The van der Waals surface area contributed by atoms with E-state index in [2.05, 4.69) is 4.72 Å². The van der Waals surface area contributed by atoms with Gasteiger partial charge in [0.15, 0.2) is 4.84 Å². The van der Waals surface area contributed by atoms with Crippen molar-refractivity contribution >= 4 is 80.3 Å². The van der Waals surface area contributed by atoms with Gasteiger partial charge in [-0.1, -0.05) is 23.2 Å². The van der Waals surface area contributed by atoms with Gasteiger partial charge in [-0.15, -0.1) is 26.9 Å². The zero-order valence-electron chi connectivity index (χ0n) is 11.4. The second-order valence-corrected chi connectivity index (χ2v) is 11.2. The van der Waals surface area contributed by atoms with E-state index in [9.17, 15) is 13.7 Å². The van der Waals surface area contributed by atoms with Gasteiger partial charge in [0.05, 0.1) is 6.07 Å². The molecule has 21 heavy (non-hydrogen) atoms. The Morgan fingerprint density at radius 1 is 1.38 bits per heavy atom. The molecule has 0 aromatic rings. The molecule has 0 unspecified atom stereocenters. The van der Waals surface area contributed by atoms with Gasteiger partial charge in [-0.2, -0.15) is 25.4 Å². The van der Waals surface area contributed by atoms with Crippen LogP contribution in [0, 0.1) is 11.3 Å². The molecule has 1 N–H and O–H groups in total. The third kappa shape index (κ3) is 7.10. The lowest BCUT2D eigenvalue weighted by Gasteiger charge is -2.34. The van der Waals surface area contributed by atoms with E-state index in [-0.39, 0.29) is 6.54 Å². The average molecular weight is 435 g/mol. The van der Waals surface area contributed by atoms with Gasteiger partial charge in [0.1, 0.15) is 5.54 Å². The van der Waals surface area contributed by atoms with Crippen LogP contribution in [-0.2, 0) is 10.2 Å². The minimum atomic E-state index is -4.01. The van der Waals surface area contributed by atoms with Crippen LogP contribution < -0.4 is 4.72 Å². The molecule has 5 nitrogen and oxygen atoms in total. The van der Waals surface area contributed by atoms with Crippen LogP contribution in [0.1, 0.15) is 13.8 Å². The zero-order chi connectivity index (χ0) is 16.9. The molecule has 0 fully saturated rings. The Morgan fingerprint density at radius 3 is 2.29 bits per heavy atom.